The van der Waals surface area contributed by atoms with Gasteiger partial charge in [-0.15, -0.1) is 0 Å². The van der Waals surface area contributed by atoms with Crippen LogP contribution in [0.15, 0.2) is 53.3 Å². The lowest BCUT2D eigenvalue weighted by Gasteiger charge is -2.12. The van der Waals surface area contributed by atoms with Gasteiger partial charge in [0.2, 0.25) is 0 Å². The average Bonchev–Trinajstić information content (AvgIpc) is 2.89. The molecule has 20 heavy (non-hydrogen) atoms. The van der Waals surface area contributed by atoms with Crippen molar-refractivity contribution < 1.29 is 0 Å². The van der Waals surface area contributed by atoms with E-state index in [0.29, 0.717) is 0 Å². The summed E-state index contributed by atoms with van der Waals surface area (Å²) in [7, 11) is 0. The molecule has 1 N–H and O–H groups in total. The molecule has 0 bridgehead atoms. The predicted octanol–water partition coefficient (Wildman–Crippen LogP) is 3.90. The molecule has 4 heteroatoms. The third-order valence-electron chi connectivity index (χ3n) is 3.32. The van der Waals surface area contributed by atoms with E-state index in [-0.39, 0.29) is 0 Å². The lowest BCUT2D eigenvalue weighted by atomic mass is 10.1. The monoisotopic (exact) mass is 329 g/mol. The van der Waals surface area contributed by atoms with Crippen LogP contribution in [0.5, 0.6) is 0 Å². The first-order valence-corrected chi connectivity index (χ1v) is 7.50. The van der Waals surface area contributed by atoms with Crippen molar-refractivity contribution in [3.05, 3.63) is 58.8 Å². The van der Waals surface area contributed by atoms with E-state index in [1.807, 2.05) is 24.5 Å². The normalized spacial score (nSPS) is 11.1. The van der Waals surface area contributed by atoms with Gasteiger partial charge >= 0.3 is 0 Å². The summed E-state index contributed by atoms with van der Waals surface area (Å²) in [4.78, 5) is 4.47. The molecule has 0 saturated carbocycles. The number of aromatic nitrogens is 2. The maximum Gasteiger partial charge on any atom is 0.100 e. The molecule has 3 rings (SSSR count). The van der Waals surface area contributed by atoms with Crippen LogP contribution in [0.1, 0.15) is 12.5 Å². The van der Waals surface area contributed by atoms with Gasteiger partial charge in [0.15, 0.2) is 0 Å². The van der Waals surface area contributed by atoms with Crippen molar-refractivity contribution in [2.24, 2.45) is 0 Å². The fraction of sp³-hybridized carbons (Fsp3) is 0.188. The van der Waals surface area contributed by atoms with Gasteiger partial charge in [0.05, 0.1) is 16.7 Å². The van der Waals surface area contributed by atoms with Crippen LogP contribution in [0.3, 0.4) is 0 Å². The second kappa shape index (κ2) is 5.77. The van der Waals surface area contributed by atoms with Crippen LogP contribution in [-0.4, -0.2) is 16.1 Å². The minimum Gasteiger partial charge on any atom is -0.313 e. The SMILES string of the molecule is CCNCc1cc(Br)ccc1-n1cnc2ccccc21. The molecule has 1 aromatic heterocycles. The molecule has 0 atom stereocenters. The van der Waals surface area contributed by atoms with Crippen LogP contribution in [0.2, 0.25) is 0 Å². The van der Waals surface area contributed by atoms with E-state index in [4.69, 9.17) is 0 Å². The molecule has 0 spiro atoms. The number of hydrogen-bond acceptors (Lipinski definition) is 2. The highest BCUT2D eigenvalue weighted by atomic mass is 79.9. The summed E-state index contributed by atoms with van der Waals surface area (Å²) < 4.78 is 3.24. The molecule has 1 heterocycles. The zero-order valence-corrected chi connectivity index (χ0v) is 12.9. The third kappa shape index (κ3) is 2.49. The Labute approximate surface area is 126 Å². The van der Waals surface area contributed by atoms with Gasteiger partial charge < -0.3 is 5.32 Å². The number of halogens is 1. The molecule has 0 aliphatic carbocycles. The Bertz CT molecular complexity index is 733. The van der Waals surface area contributed by atoms with E-state index in [2.05, 4.69) is 62.0 Å². The third-order valence-corrected chi connectivity index (χ3v) is 3.81. The van der Waals surface area contributed by atoms with Gasteiger partial charge in [-0.25, -0.2) is 4.98 Å². The Morgan fingerprint density at radius 3 is 2.90 bits per heavy atom. The molecular weight excluding hydrogens is 314 g/mol. The summed E-state index contributed by atoms with van der Waals surface area (Å²) in [5, 5.41) is 3.39. The van der Waals surface area contributed by atoms with Crippen LogP contribution in [0.25, 0.3) is 16.7 Å². The molecular formula is C16H16BrN3. The van der Waals surface area contributed by atoms with E-state index in [0.717, 1.165) is 28.6 Å². The summed E-state index contributed by atoms with van der Waals surface area (Å²) in [6.07, 6.45) is 1.89. The van der Waals surface area contributed by atoms with Crippen molar-refractivity contribution in [3.63, 3.8) is 0 Å². The first-order chi connectivity index (χ1) is 9.79. The van der Waals surface area contributed by atoms with Crippen LogP contribution in [-0.2, 0) is 6.54 Å². The smallest absolute Gasteiger partial charge is 0.100 e. The predicted molar refractivity (Wildman–Crippen MR) is 86.2 cm³/mol. The maximum absolute atomic E-state index is 4.47. The molecule has 0 aliphatic rings. The van der Waals surface area contributed by atoms with E-state index in [1.165, 1.54) is 11.3 Å². The van der Waals surface area contributed by atoms with Crippen LogP contribution in [0.4, 0.5) is 0 Å². The fourth-order valence-corrected chi connectivity index (χ4v) is 2.75. The minimum absolute atomic E-state index is 0.845. The Balaban J connectivity index is 2.13. The molecule has 3 aromatic rings. The molecule has 0 amide bonds. The van der Waals surface area contributed by atoms with Gasteiger partial charge in [-0.05, 0) is 42.4 Å². The minimum atomic E-state index is 0.845. The quantitative estimate of drug-likeness (QED) is 0.786. The largest absolute Gasteiger partial charge is 0.313 e. The number of benzene rings is 2. The number of nitrogens with zero attached hydrogens (tertiary/aromatic N) is 2. The van der Waals surface area contributed by atoms with Gasteiger partial charge in [-0.1, -0.05) is 35.0 Å². The summed E-state index contributed by atoms with van der Waals surface area (Å²) in [6, 6.07) is 14.6. The molecule has 0 aliphatic heterocycles. The zero-order valence-electron chi connectivity index (χ0n) is 11.3. The van der Waals surface area contributed by atoms with E-state index >= 15 is 0 Å². The van der Waals surface area contributed by atoms with Gasteiger partial charge in [0.1, 0.15) is 6.33 Å². The second-order valence-corrected chi connectivity index (χ2v) is 5.57. The van der Waals surface area contributed by atoms with E-state index in [9.17, 15) is 0 Å². The van der Waals surface area contributed by atoms with Crippen LogP contribution in [0, 0.1) is 0 Å². The first-order valence-electron chi connectivity index (χ1n) is 6.71. The molecule has 0 radical (unpaired) electrons. The Morgan fingerprint density at radius 2 is 2.05 bits per heavy atom. The Hall–Kier alpha value is -1.65. The lowest BCUT2D eigenvalue weighted by molar-refractivity contribution is 0.722. The van der Waals surface area contributed by atoms with Crippen molar-refractivity contribution >= 4 is 27.0 Å². The molecule has 3 nitrogen and oxygen atoms in total. The van der Waals surface area contributed by atoms with Gasteiger partial charge in [-0.3, -0.25) is 4.57 Å². The maximum atomic E-state index is 4.47. The number of imidazole rings is 1. The number of rotatable bonds is 4. The first kappa shape index (κ1) is 13.3. The summed E-state index contributed by atoms with van der Waals surface area (Å²) in [5.74, 6) is 0. The van der Waals surface area contributed by atoms with E-state index in [1.54, 1.807) is 0 Å². The molecule has 0 saturated heterocycles. The highest BCUT2D eigenvalue weighted by molar-refractivity contribution is 9.10. The van der Waals surface area contributed by atoms with Crippen molar-refractivity contribution in [2.45, 2.75) is 13.5 Å². The molecule has 0 unspecified atom stereocenters. The van der Waals surface area contributed by atoms with Crippen LogP contribution >= 0.6 is 15.9 Å². The standard InChI is InChI=1S/C16H16BrN3/c1-2-18-10-12-9-13(17)7-8-15(12)20-11-19-14-5-3-4-6-16(14)20/h3-9,11,18H,2,10H2,1H3. The van der Waals surface area contributed by atoms with Gasteiger partial charge in [0.25, 0.3) is 0 Å². The molecule has 2 aromatic carbocycles. The molecule has 102 valence electrons. The number of nitrogens with one attached hydrogen (secondary N) is 1. The average molecular weight is 330 g/mol. The van der Waals surface area contributed by atoms with Crippen molar-refractivity contribution in [3.8, 4) is 5.69 Å². The number of para-hydroxylation sites is 2. The topological polar surface area (TPSA) is 29.9 Å². The fourth-order valence-electron chi connectivity index (χ4n) is 2.34. The Morgan fingerprint density at radius 1 is 1.20 bits per heavy atom. The highest BCUT2D eigenvalue weighted by Crippen LogP contribution is 2.24. The Kier molecular flexibility index (Phi) is 3.85. The van der Waals surface area contributed by atoms with E-state index < -0.39 is 0 Å². The summed E-state index contributed by atoms with van der Waals surface area (Å²) in [6.45, 7) is 3.92. The van der Waals surface area contributed by atoms with Crippen molar-refractivity contribution in [2.75, 3.05) is 6.54 Å². The van der Waals surface area contributed by atoms with Crippen LogP contribution < -0.4 is 5.32 Å². The zero-order chi connectivity index (χ0) is 13.9. The number of fused-ring (bicyclic) bond motifs is 1. The lowest BCUT2D eigenvalue weighted by Crippen LogP contribution is -2.13. The van der Waals surface area contributed by atoms with Gasteiger partial charge in [0, 0.05) is 11.0 Å². The number of hydrogen-bond donors (Lipinski definition) is 1. The second-order valence-electron chi connectivity index (χ2n) is 4.66. The summed E-state index contributed by atoms with van der Waals surface area (Å²) >= 11 is 3.55. The highest BCUT2D eigenvalue weighted by Gasteiger charge is 2.08. The van der Waals surface area contributed by atoms with Crippen molar-refractivity contribution in [1.82, 2.24) is 14.9 Å². The molecule has 0 fully saturated rings. The summed E-state index contributed by atoms with van der Waals surface area (Å²) in [5.41, 5.74) is 4.57. The van der Waals surface area contributed by atoms with Gasteiger partial charge in [-0.2, -0.15) is 0 Å². The van der Waals surface area contributed by atoms with Crippen molar-refractivity contribution in [1.29, 1.82) is 0 Å².